The molecular formula is C13H19NO. The van der Waals surface area contributed by atoms with Gasteiger partial charge in [-0.25, -0.2) is 0 Å². The van der Waals surface area contributed by atoms with Gasteiger partial charge in [0.2, 0.25) is 0 Å². The lowest BCUT2D eigenvalue weighted by atomic mass is 9.87. The molecular weight excluding hydrogens is 186 g/mol. The average molecular weight is 205 g/mol. The second-order valence-electron chi connectivity index (χ2n) is 4.36. The largest absolute Gasteiger partial charge is 0.381 e. The van der Waals surface area contributed by atoms with Gasteiger partial charge in [-0.05, 0) is 30.9 Å². The third-order valence-corrected chi connectivity index (χ3v) is 3.25. The van der Waals surface area contributed by atoms with E-state index in [1.807, 2.05) is 0 Å². The molecule has 2 heteroatoms. The van der Waals surface area contributed by atoms with E-state index in [1.165, 1.54) is 17.5 Å². The summed E-state index contributed by atoms with van der Waals surface area (Å²) in [6.07, 6.45) is 2.33. The molecule has 2 N–H and O–H groups in total. The molecule has 82 valence electrons. The van der Waals surface area contributed by atoms with Crippen LogP contribution >= 0.6 is 0 Å². The maximum atomic E-state index is 6.29. The van der Waals surface area contributed by atoms with E-state index in [2.05, 4.69) is 31.2 Å². The highest BCUT2D eigenvalue weighted by Gasteiger charge is 2.23. The molecule has 0 bridgehead atoms. The molecule has 2 atom stereocenters. The fraction of sp³-hybridized carbons (Fsp3) is 0.538. The predicted octanol–water partition coefficient (Wildman–Crippen LogP) is 2.42. The number of benzene rings is 1. The Balaban J connectivity index is 2.12. The van der Waals surface area contributed by atoms with Crippen molar-refractivity contribution in [2.75, 3.05) is 13.2 Å². The van der Waals surface area contributed by atoms with Crippen molar-refractivity contribution in [2.24, 2.45) is 11.7 Å². The van der Waals surface area contributed by atoms with Crippen molar-refractivity contribution in [3.63, 3.8) is 0 Å². The Morgan fingerprint density at radius 3 is 2.87 bits per heavy atom. The summed E-state index contributed by atoms with van der Waals surface area (Å²) >= 11 is 0. The Morgan fingerprint density at radius 1 is 1.40 bits per heavy atom. The minimum absolute atomic E-state index is 0.131. The third-order valence-electron chi connectivity index (χ3n) is 3.25. The van der Waals surface area contributed by atoms with Gasteiger partial charge < -0.3 is 10.5 Å². The second-order valence-corrected chi connectivity index (χ2v) is 4.36. The van der Waals surface area contributed by atoms with Gasteiger partial charge in [-0.3, -0.25) is 0 Å². The summed E-state index contributed by atoms with van der Waals surface area (Å²) < 4.78 is 5.48. The van der Waals surface area contributed by atoms with Gasteiger partial charge in [0.25, 0.3) is 0 Å². The van der Waals surface area contributed by atoms with Crippen LogP contribution in [0.5, 0.6) is 0 Å². The zero-order valence-electron chi connectivity index (χ0n) is 9.28. The molecule has 1 fully saturated rings. The predicted molar refractivity (Wildman–Crippen MR) is 61.7 cm³/mol. The van der Waals surface area contributed by atoms with Gasteiger partial charge in [-0.1, -0.05) is 24.3 Å². The molecule has 0 spiro atoms. The van der Waals surface area contributed by atoms with E-state index < -0.39 is 0 Å². The maximum absolute atomic E-state index is 6.29. The molecule has 0 aliphatic carbocycles. The number of ether oxygens (including phenoxy) is 1. The highest BCUT2D eigenvalue weighted by Crippen LogP contribution is 2.28. The first-order valence-corrected chi connectivity index (χ1v) is 5.68. The Morgan fingerprint density at radius 2 is 2.20 bits per heavy atom. The Kier molecular flexibility index (Phi) is 3.39. The zero-order valence-corrected chi connectivity index (χ0v) is 9.28. The Labute approximate surface area is 91.4 Å². The van der Waals surface area contributed by atoms with Gasteiger partial charge in [0, 0.05) is 18.6 Å². The first-order valence-electron chi connectivity index (χ1n) is 5.68. The second kappa shape index (κ2) is 4.77. The van der Waals surface area contributed by atoms with Gasteiger partial charge in [0.15, 0.2) is 0 Å². The van der Waals surface area contributed by atoms with Gasteiger partial charge >= 0.3 is 0 Å². The number of rotatable bonds is 2. The molecule has 2 unspecified atom stereocenters. The lowest BCUT2D eigenvalue weighted by Crippen LogP contribution is -2.29. The molecule has 0 aromatic heterocycles. The summed E-state index contributed by atoms with van der Waals surface area (Å²) in [6, 6.07) is 8.51. The van der Waals surface area contributed by atoms with Crippen molar-refractivity contribution in [3.8, 4) is 0 Å². The number of aryl methyl sites for hydroxylation is 1. The number of hydrogen-bond acceptors (Lipinski definition) is 2. The SMILES string of the molecule is Cc1ccccc1C(N)C1CCCOC1. The summed E-state index contributed by atoms with van der Waals surface area (Å²) in [6.45, 7) is 3.84. The lowest BCUT2D eigenvalue weighted by molar-refractivity contribution is 0.0447. The lowest BCUT2D eigenvalue weighted by Gasteiger charge is -2.28. The first kappa shape index (κ1) is 10.7. The standard InChI is InChI=1S/C13H19NO/c1-10-5-2-3-7-12(10)13(14)11-6-4-8-15-9-11/h2-3,5,7,11,13H,4,6,8-9,14H2,1H3. The minimum atomic E-state index is 0.131. The van der Waals surface area contributed by atoms with E-state index in [4.69, 9.17) is 10.5 Å². The summed E-state index contributed by atoms with van der Waals surface area (Å²) in [7, 11) is 0. The van der Waals surface area contributed by atoms with Crippen molar-refractivity contribution in [1.29, 1.82) is 0 Å². The Hall–Kier alpha value is -0.860. The molecule has 15 heavy (non-hydrogen) atoms. The van der Waals surface area contributed by atoms with Crippen LogP contribution in [0.2, 0.25) is 0 Å². The van der Waals surface area contributed by atoms with Crippen LogP contribution in [0.4, 0.5) is 0 Å². The third kappa shape index (κ3) is 2.39. The van der Waals surface area contributed by atoms with Gasteiger partial charge in [0.1, 0.15) is 0 Å². The van der Waals surface area contributed by atoms with Crippen molar-refractivity contribution >= 4 is 0 Å². The van der Waals surface area contributed by atoms with Gasteiger partial charge in [0.05, 0.1) is 6.61 Å². The summed E-state index contributed by atoms with van der Waals surface area (Å²) in [4.78, 5) is 0. The van der Waals surface area contributed by atoms with Crippen LogP contribution in [0.1, 0.15) is 30.0 Å². The van der Waals surface area contributed by atoms with Crippen molar-refractivity contribution in [3.05, 3.63) is 35.4 Å². The van der Waals surface area contributed by atoms with Crippen LogP contribution in [0.15, 0.2) is 24.3 Å². The van der Waals surface area contributed by atoms with Crippen LogP contribution in [0.3, 0.4) is 0 Å². The molecule has 0 amide bonds. The fourth-order valence-electron chi connectivity index (χ4n) is 2.26. The summed E-state index contributed by atoms with van der Waals surface area (Å²) in [5, 5.41) is 0. The molecule has 1 aliphatic heterocycles. The van der Waals surface area contributed by atoms with E-state index in [0.29, 0.717) is 5.92 Å². The van der Waals surface area contributed by atoms with Gasteiger partial charge in [-0.15, -0.1) is 0 Å². The quantitative estimate of drug-likeness (QED) is 0.804. The van der Waals surface area contributed by atoms with E-state index in [1.54, 1.807) is 0 Å². The smallest absolute Gasteiger partial charge is 0.0512 e. The van der Waals surface area contributed by atoms with E-state index in [0.717, 1.165) is 19.6 Å². The molecule has 2 nitrogen and oxygen atoms in total. The maximum Gasteiger partial charge on any atom is 0.0512 e. The van der Waals surface area contributed by atoms with Crippen molar-refractivity contribution < 1.29 is 4.74 Å². The van der Waals surface area contributed by atoms with Crippen LogP contribution in [0.25, 0.3) is 0 Å². The van der Waals surface area contributed by atoms with Crippen LogP contribution < -0.4 is 5.73 Å². The molecule has 2 rings (SSSR count). The van der Waals surface area contributed by atoms with Crippen LogP contribution in [-0.2, 0) is 4.74 Å². The molecule has 1 saturated heterocycles. The van der Waals surface area contributed by atoms with E-state index in [-0.39, 0.29) is 6.04 Å². The Bertz CT molecular complexity index is 318. The fourth-order valence-corrected chi connectivity index (χ4v) is 2.26. The topological polar surface area (TPSA) is 35.2 Å². The van der Waals surface area contributed by atoms with Gasteiger partial charge in [-0.2, -0.15) is 0 Å². The van der Waals surface area contributed by atoms with Crippen LogP contribution in [-0.4, -0.2) is 13.2 Å². The minimum Gasteiger partial charge on any atom is -0.381 e. The summed E-state index contributed by atoms with van der Waals surface area (Å²) in [5.74, 6) is 0.486. The van der Waals surface area contributed by atoms with Crippen molar-refractivity contribution in [2.45, 2.75) is 25.8 Å². The average Bonchev–Trinajstić information content (AvgIpc) is 2.30. The van der Waals surface area contributed by atoms with E-state index in [9.17, 15) is 0 Å². The molecule has 0 radical (unpaired) electrons. The zero-order chi connectivity index (χ0) is 10.7. The molecule has 1 aromatic rings. The van der Waals surface area contributed by atoms with Crippen LogP contribution in [0, 0.1) is 12.8 Å². The first-order chi connectivity index (χ1) is 7.29. The highest BCUT2D eigenvalue weighted by atomic mass is 16.5. The molecule has 1 aromatic carbocycles. The highest BCUT2D eigenvalue weighted by molar-refractivity contribution is 5.28. The monoisotopic (exact) mass is 205 g/mol. The molecule has 1 aliphatic rings. The van der Waals surface area contributed by atoms with E-state index >= 15 is 0 Å². The molecule has 0 saturated carbocycles. The normalized spacial score (nSPS) is 23.7. The number of nitrogens with two attached hydrogens (primary N) is 1. The van der Waals surface area contributed by atoms with Crippen molar-refractivity contribution in [1.82, 2.24) is 0 Å². The summed E-state index contributed by atoms with van der Waals surface area (Å²) in [5.41, 5.74) is 8.85. The molecule has 1 heterocycles. The number of hydrogen-bond donors (Lipinski definition) is 1.